The molecule has 0 aliphatic rings. The normalized spacial score (nSPS) is 11.3. The maximum Gasteiger partial charge on any atom is 0.419 e. The first-order valence-electron chi connectivity index (χ1n) is 6.33. The summed E-state index contributed by atoms with van der Waals surface area (Å²) in [4.78, 5) is 16.3. The van der Waals surface area contributed by atoms with Crippen LogP contribution in [-0.4, -0.2) is 21.2 Å². The van der Waals surface area contributed by atoms with Crippen molar-refractivity contribution in [3.8, 4) is 0 Å². The molecule has 2 aromatic rings. The van der Waals surface area contributed by atoms with Crippen LogP contribution in [0, 0.1) is 0 Å². The summed E-state index contributed by atoms with van der Waals surface area (Å²) in [6, 6.07) is 1.85. The van der Waals surface area contributed by atoms with Gasteiger partial charge >= 0.3 is 6.09 Å². The largest absolute Gasteiger partial charge is 0.443 e. The SMILES string of the molecule is C=CC(=C)c1cncc2c1ccn2C(=O)OC(C)(C)C. The van der Waals surface area contributed by atoms with Crippen molar-refractivity contribution in [2.75, 3.05) is 0 Å². The minimum atomic E-state index is -0.538. The first kappa shape index (κ1) is 14.1. The molecule has 0 atom stereocenters. The number of nitrogens with zero attached hydrogens (tertiary/aromatic N) is 2. The molecule has 0 radical (unpaired) electrons. The molecular formula is C16H18N2O2. The summed E-state index contributed by atoms with van der Waals surface area (Å²) in [6.07, 6.45) is 6.28. The Morgan fingerprint density at radius 2 is 2.10 bits per heavy atom. The number of rotatable bonds is 2. The topological polar surface area (TPSA) is 44.1 Å². The lowest BCUT2D eigenvalue weighted by Crippen LogP contribution is -2.26. The van der Waals surface area contributed by atoms with Gasteiger partial charge in [-0.15, -0.1) is 0 Å². The van der Waals surface area contributed by atoms with E-state index >= 15 is 0 Å². The fourth-order valence-corrected chi connectivity index (χ4v) is 1.89. The molecule has 0 unspecified atom stereocenters. The van der Waals surface area contributed by atoms with Crippen LogP contribution in [0.4, 0.5) is 4.79 Å². The van der Waals surface area contributed by atoms with Crippen LogP contribution in [0.3, 0.4) is 0 Å². The standard InChI is InChI=1S/C16H18N2O2/c1-6-11(2)13-9-17-10-14-12(13)7-8-18(14)15(19)20-16(3,4)5/h6-10H,1-2H2,3-5H3. The van der Waals surface area contributed by atoms with E-state index in [9.17, 15) is 4.79 Å². The Balaban J connectivity index is 2.51. The van der Waals surface area contributed by atoms with Gasteiger partial charge in [-0.25, -0.2) is 4.79 Å². The van der Waals surface area contributed by atoms with Crippen LogP contribution in [0.5, 0.6) is 0 Å². The molecule has 2 heterocycles. The lowest BCUT2D eigenvalue weighted by Gasteiger charge is -2.19. The summed E-state index contributed by atoms with van der Waals surface area (Å²) < 4.78 is 6.82. The molecule has 0 bridgehead atoms. The van der Waals surface area contributed by atoms with Gasteiger partial charge in [0.2, 0.25) is 0 Å². The van der Waals surface area contributed by atoms with Crippen molar-refractivity contribution in [1.29, 1.82) is 0 Å². The molecule has 20 heavy (non-hydrogen) atoms. The van der Waals surface area contributed by atoms with Crippen molar-refractivity contribution >= 4 is 22.6 Å². The molecule has 4 heteroatoms. The number of fused-ring (bicyclic) bond motifs is 1. The number of allylic oxidation sites excluding steroid dienone is 2. The van der Waals surface area contributed by atoms with Crippen LogP contribution >= 0.6 is 0 Å². The maximum atomic E-state index is 12.2. The van der Waals surface area contributed by atoms with Crippen LogP contribution in [0.15, 0.2) is 43.9 Å². The molecule has 0 N–H and O–H groups in total. The zero-order valence-corrected chi connectivity index (χ0v) is 12.0. The van der Waals surface area contributed by atoms with Crippen LogP contribution < -0.4 is 0 Å². The second kappa shape index (κ2) is 4.96. The molecule has 2 aromatic heterocycles. The number of pyridine rings is 1. The third-order valence-corrected chi connectivity index (χ3v) is 2.80. The average molecular weight is 270 g/mol. The van der Waals surface area contributed by atoms with Crippen molar-refractivity contribution in [1.82, 2.24) is 9.55 Å². The first-order chi connectivity index (χ1) is 9.33. The summed E-state index contributed by atoms with van der Waals surface area (Å²) in [5, 5.41) is 0.899. The quantitative estimate of drug-likeness (QED) is 0.774. The van der Waals surface area contributed by atoms with Gasteiger partial charge in [-0.2, -0.15) is 0 Å². The Hall–Kier alpha value is -2.36. The highest BCUT2D eigenvalue weighted by Gasteiger charge is 2.19. The lowest BCUT2D eigenvalue weighted by molar-refractivity contribution is 0.0544. The van der Waals surface area contributed by atoms with Gasteiger partial charge in [0.1, 0.15) is 5.60 Å². The zero-order valence-electron chi connectivity index (χ0n) is 12.0. The Morgan fingerprint density at radius 3 is 2.70 bits per heavy atom. The smallest absolute Gasteiger partial charge is 0.419 e. The van der Waals surface area contributed by atoms with E-state index in [0.29, 0.717) is 5.52 Å². The number of aromatic nitrogens is 2. The van der Waals surface area contributed by atoms with Crippen molar-refractivity contribution in [3.05, 3.63) is 49.5 Å². The van der Waals surface area contributed by atoms with Crippen molar-refractivity contribution < 1.29 is 9.53 Å². The average Bonchev–Trinajstić information content (AvgIpc) is 2.79. The van der Waals surface area contributed by atoms with Gasteiger partial charge in [-0.3, -0.25) is 9.55 Å². The summed E-state index contributed by atoms with van der Waals surface area (Å²) >= 11 is 0. The van der Waals surface area contributed by atoms with E-state index in [0.717, 1.165) is 16.5 Å². The van der Waals surface area contributed by atoms with E-state index in [2.05, 4.69) is 18.1 Å². The van der Waals surface area contributed by atoms with Gasteiger partial charge in [0.15, 0.2) is 0 Å². The van der Waals surface area contributed by atoms with E-state index in [4.69, 9.17) is 4.74 Å². The van der Waals surface area contributed by atoms with Crippen molar-refractivity contribution in [2.24, 2.45) is 0 Å². The molecule has 0 aromatic carbocycles. The Kier molecular flexibility index (Phi) is 3.49. The lowest BCUT2D eigenvalue weighted by atomic mass is 10.1. The third-order valence-electron chi connectivity index (χ3n) is 2.80. The molecule has 0 saturated heterocycles. The third kappa shape index (κ3) is 2.64. The maximum absolute atomic E-state index is 12.2. The van der Waals surface area contributed by atoms with E-state index in [-0.39, 0.29) is 0 Å². The molecule has 0 aliphatic heterocycles. The molecule has 0 aliphatic carbocycles. The molecular weight excluding hydrogens is 252 g/mol. The zero-order chi connectivity index (χ0) is 14.9. The summed E-state index contributed by atoms with van der Waals surface area (Å²) in [5.41, 5.74) is 1.79. The summed E-state index contributed by atoms with van der Waals surface area (Å²) in [6.45, 7) is 13.1. The molecule has 2 rings (SSSR count). The Morgan fingerprint density at radius 1 is 1.40 bits per heavy atom. The van der Waals surface area contributed by atoms with Crippen LogP contribution in [0.1, 0.15) is 26.3 Å². The summed E-state index contributed by atoms with van der Waals surface area (Å²) in [7, 11) is 0. The highest BCUT2D eigenvalue weighted by molar-refractivity contribution is 5.97. The van der Waals surface area contributed by atoms with E-state index < -0.39 is 11.7 Å². The van der Waals surface area contributed by atoms with Gasteiger partial charge in [0.05, 0.1) is 11.7 Å². The number of carbonyl (C=O) groups excluding carboxylic acids is 1. The van der Waals surface area contributed by atoms with Crippen molar-refractivity contribution in [3.63, 3.8) is 0 Å². The molecule has 104 valence electrons. The van der Waals surface area contributed by atoms with Gasteiger partial charge in [0, 0.05) is 23.3 Å². The van der Waals surface area contributed by atoms with E-state index in [1.54, 1.807) is 24.7 Å². The highest BCUT2D eigenvalue weighted by atomic mass is 16.6. The van der Waals surface area contributed by atoms with Crippen LogP contribution in [0.2, 0.25) is 0 Å². The predicted octanol–water partition coefficient (Wildman–Crippen LogP) is 4.02. The van der Waals surface area contributed by atoms with Gasteiger partial charge in [0.25, 0.3) is 0 Å². The predicted molar refractivity (Wildman–Crippen MR) is 80.6 cm³/mol. The minimum absolute atomic E-state index is 0.421. The summed E-state index contributed by atoms with van der Waals surface area (Å²) in [5.74, 6) is 0. The molecule has 0 spiro atoms. The molecule has 4 nitrogen and oxygen atoms in total. The highest BCUT2D eigenvalue weighted by Crippen LogP contribution is 2.25. The van der Waals surface area contributed by atoms with E-state index in [1.807, 2.05) is 26.8 Å². The van der Waals surface area contributed by atoms with Gasteiger partial charge in [-0.1, -0.05) is 19.2 Å². The number of hydrogen-bond acceptors (Lipinski definition) is 3. The second-order valence-electron chi connectivity index (χ2n) is 5.52. The monoisotopic (exact) mass is 270 g/mol. The van der Waals surface area contributed by atoms with Crippen LogP contribution in [-0.2, 0) is 4.74 Å². The number of hydrogen-bond donors (Lipinski definition) is 0. The fourth-order valence-electron chi connectivity index (χ4n) is 1.89. The van der Waals surface area contributed by atoms with Gasteiger partial charge < -0.3 is 4.74 Å². The molecule has 0 saturated carbocycles. The van der Waals surface area contributed by atoms with Gasteiger partial charge in [-0.05, 0) is 32.4 Å². The first-order valence-corrected chi connectivity index (χ1v) is 6.33. The minimum Gasteiger partial charge on any atom is -0.443 e. The second-order valence-corrected chi connectivity index (χ2v) is 5.52. The van der Waals surface area contributed by atoms with E-state index in [1.165, 1.54) is 4.57 Å². The number of carbonyl (C=O) groups is 1. The van der Waals surface area contributed by atoms with Crippen molar-refractivity contribution in [2.45, 2.75) is 26.4 Å². The number of ether oxygens (including phenoxy) is 1. The Bertz CT molecular complexity index is 690. The Labute approximate surface area is 118 Å². The molecule has 0 fully saturated rings. The van der Waals surface area contributed by atoms with Crippen LogP contribution in [0.25, 0.3) is 16.5 Å². The molecule has 0 amide bonds. The fraction of sp³-hybridized carbons (Fsp3) is 0.250.